The van der Waals surface area contributed by atoms with E-state index in [-0.39, 0.29) is 6.08 Å². The van der Waals surface area contributed by atoms with Crippen LogP contribution in [0.15, 0.2) is 46.2 Å². The summed E-state index contributed by atoms with van der Waals surface area (Å²) < 4.78 is 74.0. The molecule has 0 bridgehead atoms. The number of hydrogen-bond acceptors (Lipinski definition) is 3. The third-order valence-corrected chi connectivity index (χ3v) is 3.52. The second kappa shape index (κ2) is 7.38. The molecular formula is C13H12F6O2S. The van der Waals surface area contributed by atoms with Crippen LogP contribution >= 0.6 is 11.8 Å². The Bertz CT molecular complexity index is 497. The molecule has 0 aliphatic rings. The molecule has 0 aliphatic heterocycles. The Kier molecular flexibility index (Phi) is 6.33. The molecule has 0 heterocycles. The summed E-state index contributed by atoms with van der Waals surface area (Å²) in [5.41, 5.74) is 0. The fraction of sp³-hybridized carbons (Fsp3) is 0.385. The van der Waals surface area contributed by atoms with E-state index < -0.39 is 35.9 Å². The molecule has 2 atom stereocenters. The highest BCUT2D eigenvalue weighted by Gasteiger charge is 2.40. The predicted octanol–water partition coefficient (Wildman–Crippen LogP) is 3.90. The van der Waals surface area contributed by atoms with Crippen molar-refractivity contribution in [2.24, 2.45) is 0 Å². The zero-order valence-corrected chi connectivity index (χ0v) is 11.7. The molecule has 0 fully saturated rings. The summed E-state index contributed by atoms with van der Waals surface area (Å²) >= 11 is 0.619. The highest BCUT2D eigenvalue weighted by Crippen LogP contribution is 2.35. The van der Waals surface area contributed by atoms with Crippen molar-refractivity contribution in [2.45, 2.75) is 35.9 Å². The summed E-state index contributed by atoms with van der Waals surface area (Å²) in [5, 5.41) is 18.0. The minimum atomic E-state index is -4.99. The normalized spacial score (nSPS) is 16.5. The molecule has 0 amide bonds. The Morgan fingerprint density at radius 2 is 1.55 bits per heavy atom. The summed E-state index contributed by atoms with van der Waals surface area (Å²) in [5.74, 6) is 0. The Morgan fingerprint density at radius 3 is 2.00 bits per heavy atom. The van der Waals surface area contributed by atoms with E-state index in [1.54, 1.807) is 18.2 Å². The summed E-state index contributed by atoms with van der Waals surface area (Å²) in [7, 11) is 0. The lowest BCUT2D eigenvalue weighted by atomic mass is 10.2. The van der Waals surface area contributed by atoms with Gasteiger partial charge in [0.05, 0.1) is 0 Å². The Hall–Kier alpha value is -1.19. The zero-order chi connectivity index (χ0) is 17.0. The Balaban J connectivity index is 2.97. The van der Waals surface area contributed by atoms with Crippen molar-refractivity contribution in [3.63, 3.8) is 0 Å². The van der Waals surface area contributed by atoms with Gasteiger partial charge in [0.25, 0.3) is 0 Å². The van der Waals surface area contributed by atoms with Crippen molar-refractivity contribution in [1.82, 2.24) is 0 Å². The number of benzene rings is 1. The number of aliphatic hydroxyl groups excluding tert-OH is 2. The maximum Gasteiger partial charge on any atom is 0.418 e. The maximum atomic E-state index is 12.3. The summed E-state index contributed by atoms with van der Waals surface area (Å²) in [6.07, 6.45) is -16.5. The highest BCUT2D eigenvalue weighted by molar-refractivity contribution is 8.03. The molecule has 1 aromatic carbocycles. The number of rotatable bonds is 5. The standard InChI is InChI=1S/C13H12F6O2S/c14-12(15,16)10(20)6-9(7-11(21)13(17,18)19)22-8-4-2-1-3-5-8/h1-6,10-11,20-21H,7H2/b9-6+/t10-,11+/m1/s1. The highest BCUT2D eigenvalue weighted by atomic mass is 32.2. The molecule has 0 spiro atoms. The third kappa shape index (κ3) is 6.29. The lowest BCUT2D eigenvalue weighted by Crippen LogP contribution is -2.30. The smallest absolute Gasteiger partial charge is 0.383 e. The van der Waals surface area contributed by atoms with Crippen molar-refractivity contribution >= 4 is 11.8 Å². The zero-order valence-electron chi connectivity index (χ0n) is 10.9. The molecule has 0 saturated heterocycles. The van der Waals surface area contributed by atoms with Crippen molar-refractivity contribution in [3.8, 4) is 0 Å². The quantitative estimate of drug-likeness (QED) is 0.628. The van der Waals surface area contributed by atoms with E-state index >= 15 is 0 Å². The van der Waals surface area contributed by atoms with Gasteiger partial charge < -0.3 is 10.2 Å². The van der Waals surface area contributed by atoms with Crippen molar-refractivity contribution in [1.29, 1.82) is 0 Å². The first-order valence-corrected chi connectivity index (χ1v) is 6.75. The SMILES string of the molecule is O[C@H](/C=C(\C[C@H](O)C(F)(F)F)Sc1ccccc1)C(F)(F)F. The van der Waals surface area contributed by atoms with Crippen LogP contribution in [-0.2, 0) is 0 Å². The summed E-state index contributed by atoms with van der Waals surface area (Å²) in [4.78, 5) is -0.0432. The molecule has 1 rings (SSSR count). The van der Waals surface area contributed by atoms with Gasteiger partial charge in [0.2, 0.25) is 0 Å². The van der Waals surface area contributed by atoms with Crippen LogP contribution in [0.3, 0.4) is 0 Å². The van der Waals surface area contributed by atoms with Gasteiger partial charge >= 0.3 is 12.4 Å². The van der Waals surface area contributed by atoms with Crippen LogP contribution in [0.5, 0.6) is 0 Å². The lowest BCUT2D eigenvalue weighted by Gasteiger charge is -2.18. The summed E-state index contributed by atoms with van der Waals surface area (Å²) in [6.45, 7) is 0. The maximum absolute atomic E-state index is 12.3. The molecule has 124 valence electrons. The topological polar surface area (TPSA) is 40.5 Å². The fourth-order valence-electron chi connectivity index (χ4n) is 1.36. The number of hydrogen-bond donors (Lipinski definition) is 2. The fourth-order valence-corrected chi connectivity index (χ4v) is 2.39. The predicted molar refractivity (Wildman–Crippen MR) is 69.1 cm³/mol. The monoisotopic (exact) mass is 346 g/mol. The van der Waals surface area contributed by atoms with E-state index in [9.17, 15) is 26.3 Å². The van der Waals surface area contributed by atoms with Crippen LogP contribution in [0.1, 0.15) is 6.42 Å². The largest absolute Gasteiger partial charge is 0.418 e. The van der Waals surface area contributed by atoms with E-state index in [0.717, 1.165) is 0 Å². The van der Waals surface area contributed by atoms with Gasteiger partial charge in [-0.05, 0) is 23.1 Å². The van der Waals surface area contributed by atoms with Crippen LogP contribution < -0.4 is 0 Å². The van der Waals surface area contributed by atoms with E-state index in [1.807, 2.05) is 0 Å². The van der Waals surface area contributed by atoms with Gasteiger partial charge in [0, 0.05) is 11.3 Å². The minimum absolute atomic E-state index is 0.270. The van der Waals surface area contributed by atoms with Crippen LogP contribution in [-0.4, -0.2) is 34.8 Å². The van der Waals surface area contributed by atoms with E-state index in [0.29, 0.717) is 16.7 Å². The molecule has 2 N–H and O–H groups in total. The van der Waals surface area contributed by atoms with Gasteiger partial charge in [-0.3, -0.25) is 0 Å². The lowest BCUT2D eigenvalue weighted by molar-refractivity contribution is -0.202. The second-order valence-electron chi connectivity index (χ2n) is 4.30. The molecule has 0 unspecified atom stereocenters. The van der Waals surface area contributed by atoms with Gasteiger partial charge in [-0.15, -0.1) is 0 Å². The number of halogens is 6. The molecule has 0 saturated carbocycles. The van der Waals surface area contributed by atoms with Crippen LogP contribution in [0.25, 0.3) is 0 Å². The van der Waals surface area contributed by atoms with Gasteiger partial charge in [-0.25, -0.2) is 0 Å². The third-order valence-electron chi connectivity index (χ3n) is 2.44. The first-order valence-electron chi connectivity index (χ1n) is 5.93. The molecule has 2 nitrogen and oxygen atoms in total. The molecule has 1 aromatic rings. The van der Waals surface area contributed by atoms with Gasteiger partial charge in [-0.1, -0.05) is 30.0 Å². The molecular weight excluding hydrogens is 334 g/mol. The summed E-state index contributed by atoms with van der Waals surface area (Å²) in [6, 6.07) is 7.71. The molecule has 0 radical (unpaired) electrons. The van der Waals surface area contributed by atoms with Crippen LogP contribution in [0.2, 0.25) is 0 Å². The van der Waals surface area contributed by atoms with Crippen LogP contribution in [0, 0.1) is 0 Å². The van der Waals surface area contributed by atoms with E-state index in [2.05, 4.69) is 0 Å². The number of alkyl halides is 6. The van der Waals surface area contributed by atoms with Crippen molar-refractivity contribution < 1.29 is 36.6 Å². The van der Waals surface area contributed by atoms with Crippen molar-refractivity contribution in [3.05, 3.63) is 41.3 Å². The average Bonchev–Trinajstić information content (AvgIpc) is 2.37. The average molecular weight is 346 g/mol. The first-order chi connectivity index (χ1) is 10.00. The van der Waals surface area contributed by atoms with Gasteiger partial charge in [0.15, 0.2) is 12.2 Å². The minimum Gasteiger partial charge on any atom is -0.383 e. The molecule has 22 heavy (non-hydrogen) atoms. The number of thioether (sulfide) groups is 1. The van der Waals surface area contributed by atoms with E-state index in [1.165, 1.54) is 12.1 Å². The van der Waals surface area contributed by atoms with E-state index in [4.69, 9.17) is 10.2 Å². The molecule has 0 aromatic heterocycles. The second-order valence-corrected chi connectivity index (χ2v) is 5.50. The number of aliphatic hydroxyl groups is 2. The van der Waals surface area contributed by atoms with Crippen molar-refractivity contribution in [2.75, 3.05) is 0 Å². The first kappa shape index (κ1) is 18.9. The van der Waals surface area contributed by atoms with Gasteiger partial charge in [0.1, 0.15) is 0 Å². The molecule has 0 aliphatic carbocycles. The Labute approximate surface area is 126 Å². The van der Waals surface area contributed by atoms with Crippen LogP contribution in [0.4, 0.5) is 26.3 Å². The van der Waals surface area contributed by atoms with Gasteiger partial charge in [-0.2, -0.15) is 26.3 Å². The Morgan fingerprint density at radius 1 is 1.00 bits per heavy atom. The molecule has 9 heteroatoms.